The maximum atomic E-state index is 12.6. The fraction of sp³-hybridized carbons (Fsp3) is 0.368. The van der Waals surface area contributed by atoms with Crippen LogP contribution < -0.4 is 4.90 Å². The molecule has 26 heavy (non-hydrogen) atoms. The van der Waals surface area contributed by atoms with Gasteiger partial charge in [-0.1, -0.05) is 37.3 Å². The van der Waals surface area contributed by atoms with Gasteiger partial charge in [-0.2, -0.15) is 0 Å². The molecule has 7 heteroatoms. The third-order valence-corrected chi connectivity index (χ3v) is 4.74. The molecule has 0 unspecified atom stereocenters. The standard InChI is InChI=1S/C19H22N4O3/c1-15(16-6-3-2-4-7-16)14-18(24)21-10-12-22(13-11-21)19-17(23(25)26)8-5-9-20-19/h2-9,15H,10-14H2,1H3/t15-/m0/s1. The maximum Gasteiger partial charge on any atom is 0.311 e. The number of carbonyl (C=O) groups is 1. The van der Waals surface area contributed by atoms with Gasteiger partial charge in [0.1, 0.15) is 0 Å². The summed E-state index contributed by atoms with van der Waals surface area (Å²) in [4.78, 5) is 31.2. The Hall–Kier alpha value is -2.96. The van der Waals surface area contributed by atoms with Crippen molar-refractivity contribution in [2.75, 3.05) is 31.1 Å². The molecule has 0 spiro atoms. The summed E-state index contributed by atoms with van der Waals surface area (Å²) in [5, 5.41) is 11.2. The van der Waals surface area contributed by atoms with Crippen molar-refractivity contribution < 1.29 is 9.72 Å². The number of piperazine rings is 1. The van der Waals surface area contributed by atoms with Gasteiger partial charge >= 0.3 is 5.69 Å². The first kappa shape index (κ1) is 17.8. The number of pyridine rings is 1. The summed E-state index contributed by atoms with van der Waals surface area (Å²) in [7, 11) is 0. The Morgan fingerprint density at radius 1 is 1.15 bits per heavy atom. The van der Waals surface area contributed by atoms with Crippen LogP contribution in [0.5, 0.6) is 0 Å². The number of aromatic nitrogens is 1. The number of nitrogens with zero attached hydrogens (tertiary/aromatic N) is 4. The molecule has 2 aromatic rings. The van der Waals surface area contributed by atoms with Crippen LogP contribution in [0, 0.1) is 10.1 Å². The van der Waals surface area contributed by atoms with Crippen molar-refractivity contribution in [2.24, 2.45) is 0 Å². The van der Waals surface area contributed by atoms with Gasteiger partial charge in [0.15, 0.2) is 0 Å². The van der Waals surface area contributed by atoms with Crippen molar-refractivity contribution in [3.05, 3.63) is 64.3 Å². The Labute approximate surface area is 152 Å². The molecule has 1 fully saturated rings. The van der Waals surface area contributed by atoms with Gasteiger partial charge in [0.25, 0.3) is 0 Å². The lowest BCUT2D eigenvalue weighted by Gasteiger charge is -2.35. The zero-order valence-electron chi connectivity index (χ0n) is 14.7. The van der Waals surface area contributed by atoms with Crippen molar-refractivity contribution in [3.8, 4) is 0 Å². The monoisotopic (exact) mass is 354 g/mol. The van der Waals surface area contributed by atoms with E-state index < -0.39 is 4.92 Å². The Morgan fingerprint density at radius 2 is 1.85 bits per heavy atom. The van der Waals surface area contributed by atoms with Crippen molar-refractivity contribution in [2.45, 2.75) is 19.3 Å². The van der Waals surface area contributed by atoms with Gasteiger partial charge in [-0.15, -0.1) is 0 Å². The van der Waals surface area contributed by atoms with Crippen molar-refractivity contribution in [1.82, 2.24) is 9.88 Å². The van der Waals surface area contributed by atoms with E-state index in [0.29, 0.717) is 38.4 Å². The highest BCUT2D eigenvalue weighted by atomic mass is 16.6. The summed E-state index contributed by atoms with van der Waals surface area (Å²) >= 11 is 0. The summed E-state index contributed by atoms with van der Waals surface area (Å²) in [5.74, 6) is 0.664. The highest BCUT2D eigenvalue weighted by Crippen LogP contribution is 2.26. The molecule has 1 aliphatic rings. The summed E-state index contributed by atoms with van der Waals surface area (Å²) in [6.07, 6.45) is 2.02. The molecule has 1 amide bonds. The first-order valence-corrected chi connectivity index (χ1v) is 8.73. The fourth-order valence-electron chi connectivity index (χ4n) is 3.23. The Balaban J connectivity index is 1.58. The lowest BCUT2D eigenvalue weighted by Crippen LogP contribution is -2.49. The van der Waals surface area contributed by atoms with Gasteiger partial charge in [0, 0.05) is 44.9 Å². The number of nitro groups is 1. The van der Waals surface area contributed by atoms with Crippen LogP contribution in [-0.2, 0) is 4.79 Å². The number of benzene rings is 1. The van der Waals surface area contributed by atoms with Crippen LogP contribution in [0.2, 0.25) is 0 Å². The number of hydrogen-bond donors (Lipinski definition) is 0. The molecule has 7 nitrogen and oxygen atoms in total. The quantitative estimate of drug-likeness (QED) is 0.609. The molecule has 0 bridgehead atoms. The topological polar surface area (TPSA) is 79.6 Å². The molecule has 0 N–H and O–H groups in total. The lowest BCUT2D eigenvalue weighted by atomic mass is 9.97. The smallest absolute Gasteiger partial charge is 0.311 e. The molecule has 1 aliphatic heterocycles. The van der Waals surface area contributed by atoms with E-state index in [2.05, 4.69) is 11.9 Å². The normalized spacial score (nSPS) is 15.6. The van der Waals surface area contributed by atoms with Gasteiger partial charge in [0.05, 0.1) is 4.92 Å². The van der Waals surface area contributed by atoms with E-state index in [-0.39, 0.29) is 17.5 Å². The molecule has 0 radical (unpaired) electrons. The molecular formula is C19H22N4O3. The minimum atomic E-state index is -0.415. The zero-order chi connectivity index (χ0) is 18.5. The predicted molar refractivity (Wildman–Crippen MR) is 99.2 cm³/mol. The Kier molecular flexibility index (Phi) is 5.46. The fourth-order valence-corrected chi connectivity index (χ4v) is 3.23. The molecule has 1 aromatic heterocycles. The second-order valence-electron chi connectivity index (χ2n) is 6.49. The highest BCUT2D eigenvalue weighted by molar-refractivity contribution is 5.77. The van der Waals surface area contributed by atoms with E-state index in [4.69, 9.17) is 0 Å². The number of carbonyl (C=O) groups excluding carboxylic acids is 1. The minimum absolute atomic E-state index is 0.00461. The molecule has 2 heterocycles. The van der Waals surface area contributed by atoms with Crippen LogP contribution in [-0.4, -0.2) is 46.9 Å². The average Bonchev–Trinajstić information content (AvgIpc) is 2.68. The van der Waals surface area contributed by atoms with Gasteiger partial charge in [0.2, 0.25) is 11.7 Å². The molecule has 136 valence electrons. The molecule has 0 aliphatic carbocycles. The van der Waals surface area contributed by atoms with E-state index in [0.717, 1.165) is 5.56 Å². The number of anilines is 1. The number of amides is 1. The van der Waals surface area contributed by atoms with Crippen molar-refractivity contribution in [1.29, 1.82) is 0 Å². The molecule has 3 rings (SSSR count). The van der Waals surface area contributed by atoms with Crippen LogP contribution in [0.1, 0.15) is 24.8 Å². The second-order valence-corrected chi connectivity index (χ2v) is 6.49. The van der Waals surface area contributed by atoms with E-state index in [9.17, 15) is 14.9 Å². The van der Waals surface area contributed by atoms with Crippen LogP contribution >= 0.6 is 0 Å². The molecule has 0 saturated carbocycles. The van der Waals surface area contributed by atoms with Gasteiger partial charge < -0.3 is 9.80 Å². The third kappa shape index (κ3) is 3.99. The SMILES string of the molecule is C[C@@H](CC(=O)N1CCN(c2ncccc2[N+](=O)[O-])CC1)c1ccccc1. The largest absolute Gasteiger partial charge is 0.347 e. The van der Waals surface area contributed by atoms with Crippen molar-refractivity contribution in [3.63, 3.8) is 0 Å². The molecule has 1 aromatic carbocycles. The maximum absolute atomic E-state index is 12.6. The van der Waals surface area contributed by atoms with Gasteiger partial charge in [-0.3, -0.25) is 14.9 Å². The predicted octanol–water partition coefficient (Wildman–Crippen LogP) is 2.83. The summed E-state index contributed by atoms with van der Waals surface area (Å²) in [6.45, 7) is 4.25. The van der Waals surface area contributed by atoms with Crippen LogP contribution in [0.15, 0.2) is 48.7 Å². The summed E-state index contributed by atoms with van der Waals surface area (Å²) in [5.41, 5.74) is 1.16. The number of rotatable bonds is 5. The van der Waals surface area contributed by atoms with E-state index in [1.165, 1.54) is 6.07 Å². The van der Waals surface area contributed by atoms with Crippen molar-refractivity contribution >= 4 is 17.4 Å². The van der Waals surface area contributed by atoms with Crippen LogP contribution in [0.4, 0.5) is 11.5 Å². The second kappa shape index (κ2) is 7.95. The lowest BCUT2D eigenvalue weighted by molar-refractivity contribution is -0.384. The molecule has 1 atom stereocenters. The number of hydrogen-bond acceptors (Lipinski definition) is 5. The minimum Gasteiger partial charge on any atom is -0.347 e. The average molecular weight is 354 g/mol. The zero-order valence-corrected chi connectivity index (χ0v) is 14.7. The summed E-state index contributed by atoms with van der Waals surface area (Å²) in [6, 6.07) is 13.0. The van der Waals surface area contributed by atoms with Gasteiger partial charge in [-0.05, 0) is 17.5 Å². The van der Waals surface area contributed by atoms with E-state index in [1.54, 1.807) is 12.3 Å². The van der Waals surface area contributed by atoms with E-state index >= 15 is 0 Å². The van der Waals surface area contributed by atoms with Gasteiger partial charge in [-0.25, -0.2) is 4.98 Å². The van der Waals surface area contributed by atoms with E-state index in [1.807, 2.05) is 40.1 Å². The third-order valence-electron chi connectivity index (χ3n) is 4.74. The Bertz CT molecular complexity index is 773. The Morgan fingerprint density at radius 3 is 2.50 bits per heavy atom. The summed E-state index contributed by atoms with van der Waals surface area (Å²) < 4.78 is 0. The van der Waals surface area contributed by atoms with Crippen LogP contribution in [0.25, 0.3) is 0 Å². The molecular weight excluding hydrogens is 332 g/mol. The first-order valence-electron chi connectivity index (χ1n) is 8.73. The molecule has 1 saturated heterocycles. The van der Waals surface area contributed by atoms with Crippen LogP contribution in [0.3, 0.4) is 0 Å². The highest BCUT2D eigenvalue weighted by Gasteiger charge is 2.27. The first-order chi connectivity index (χ1) is 12.6.